The van der Waals surface area contributed by atoms with Gasteiger partial charge in [0, 0.05) is 32.6 Å². The van der Waals surface area contributed by atoms with Crippen molar-refractivity contribution in [3.05, 3.63) is 0 Å². The first-order chi connectivity index (χ1) is 9.38. The van der Waals surface area contributed by atoms with Crippen LogP contribution in [0, 0.1) is 5.92 Å². The average Bonchev–Trinajstić information content (AvgIpc) is 2.37. The monoisotopic (exact) mass is 286 g/mol. The number of rotatable bonds is 8. The summed E-state index contributed by atoms with van der Waals surface area (Å²) in [6, 6.07) is 0.278. The van der Waals surface area contributed by atoms with Crippen LogP contribution < -0.4 is 5.32 Å². The molecule has 1 fully saturated rings. The van der Waals surface area contributed by atoms with Gasteiger partial charge in [0.25, 0.3) is 0 Å². The van der Waals surface area contributed by atoms with Crippen molar-refractivity contribution < 1.29 is 14.6 Å². The van der Waals surface area contributed by atoms with Gasteiger partial charge in [-0.1, -0.05) is 13.8 Å². The number of hydrogen-bond donors (Lipinski definition) is 2. The Morgan fingerprint density at radius 2 is 2.15 bits per heavy atom. The summed E-state index contributed by atoms with van der Waals surface area (Å²) < 4.78 is 5.64. The molecule has 118 valence electrons. The van der Waals surface area contributed by atoms with Crippen molar-refractivity contribution in [2.24, 2.45) is 5.92 Å². The van der Waals surface area contributed by atoms with Gasteiger partial charge in [-0.15, -0.1) is 0 Å². The normalized spacial score (nSPS) is 23.2. The molecule has 0 radical (unpaired) electrons. The first-order valence-electron chi connectivity index (χ1n) is 7.65. The fourth-order valence-electron chi connectivity index (χ4n) is 2.55. The predicted molar refractivity (Wildman–Crippen MR) is 79.5 cm³/mol. The highest BCUT2D eigenvalue weighted by atomic mass is 16.5. The Balaban J connectivity index is 2.13. The summed E-state index contributed by atoms with van der Waals surface area (Å²) in [4.78, 5) is 13.1. The highest BCUT2D eigenvalue weighted by molar-refractivity contribution is 5.76. The van der Waals surface area contributed by atoms with Crippen LogP contribution in [0.5, 0.6) is 0 Å². The minimum atomic E-state index is -0.493. The summed E-state index contributed by atoms with van der Waals surface area (Å²) in [6.45, 7) is 7.97. The summed E-state index contributed by atoms with van der Waals surface area (Å²) >= 11 is 0. The molecule has 2 N–H and O–H groups in total. The van der Waals surface area contributed by atoms with Crippen molar-refractivity contribution >= 4 is 5.91 Å². The van der Waals surface area contributed by atoms with Crippen LogP contribution in [0.4, 0.5) is 0 Å². The summed E-state index contributed by atoms with van der Waals surface area (Å²) in [6.07, 6.45) is 2.14. The number of nitrogens with zero attached hydrogens (tertiary/aromatic N) is 1. The van der Waals surface area contributed by atoms with Crippen molar-refractivity contribution in [2.75, 3.05) is 26.7 Å². The minimum Gasteiger partial charge on any atom is -0.389 e. The number of aliphatic hydroxyl groups is 1. The summed E-state index contributed by atoms with van der Waals surface area (Å²) in [5, 5.41) is 13.2. The Morgan fingerprint density at radius 1 is 1.45 bits per heavy atom. The maximum atomic E-state index is 11.4. The molecule has 0 aromatic heterocycles. The van der Waals surface area contributed by atoms with Crippen LogP contribution in [0.3, 0.4) is 0 Å². The zero-order chi connectivity index (χ0) is 15.1. The number of carbonyl (C=O) groups excluding carboxylic acids is 1. The molecule has 0 aliphatic carbocycles. The number of carbonyl (C=O) groups is 1. The second kappa shape index (κ2) is 8.60. The van der Waals surface area contributed by atoms with Gasteiger partial charge in [0.2, 0.25) is 5.91 Å². The van der Waals surface area contributed by atoms with Crippen molar-refractivity contribution in [3.63, 3.8) is 0 Å². The Labute approximate surface area is 122 Å². The lowest BCUT2D eigenvalue weighted by molar-refractivity contribution is -0.132. The molecule has 5 heteroatoms. The second-order valence-electron chi connectivity index (χ2n) is 6.35. The molecule has 1 amide bonds. The Kier molecular flexibility index (Phi) is 7.48. The molecule has 0 aromatic carbocycles. The highest BCUT2D eigenvalue weighted by Crippen LogP contribution is 2.10. The van der Waals surface area contributed by atoms with E-state index in [1.165, 1.54) is 0 Å². The first kappa shape index (κ1) is 17.4. The molecule has 3 atom stereocenters. The molecule has 0 bridgehead atoms. The Bertz CT molecular complexity index is 297. The van der Waals surface area contributed by atoms with E-state index in [0.29, 0.717) is 25.5 Å². The zero-order valence-electron chi connectivity index (χ0n) is 13.3. The van der Waals surface area contributed by atoms with E-state index in [2.05, 4.69) is 19.2 Å². The molecule has 1 saturated heterocycles. The number of amides is 1. The molecule has 5 nitrogen and oxygen atoms in total. The topological polar surface area (TPSA) is 61.8 Å². The molecular formula is C15H30N2O3. The van der Waals surface area contributed by atoms with Crippen LogP contribution in [-0.2, 0) is 9.53 Å². The standard InChI is InChI=1S/C15H30N2O3/c1-11(2)7-12(3)20-10-14(18)8-16-13-5-6-15(19)17(4)9-13/h11-14,16,18H,5-10H2,1-4H3. The summed E-state index contributed by atoms with van der Waals surface area (Å²) in [5.74, 6) is 0.810. The van der Waals surface area contributed by atoms with Crippen LogP contribution in [0.15, 0.2) is 0 Å². The van der Waals surface area contributed by atoms with Crippen molar-refractivity contribution in [1.29, 1.82) is 0 Å². The smallest absolute Gasteiger partial charge is 0.222 e. The van der Waals surface area contributed by atoms with Crippen LogP contribution in [-0.4, -0.2) is 60.9 Å². The fraction of sp³-hybridized carbons (Fsp3) is 0.933. The minimum absolute atomic E-state index is 0.183. The van der Waals surface area contributed by atoms with E-state index in [1.807, 2.05) is 14.0 Å². The van der Waals surface area contributed by atoms with Gasteiger partial charge in [-0.3, -0.25) is 4.79 Å². The van der Waals surface area contributed by atoms with E-state index in [1.54, 1.807) is 4.90 Å². The molecular weight excluding hydrogens is 256 g/mol. The number of piperidine rings is 1. The molecule has 20 heavy (non-hydrogen) atoms. The molecule has 1 heterocycles. The summed E-state index contributed by atoms with van der Waals surface area (Å²) in [5.41, 5.74) is 0. The van der Waals surface area contributed by atoms with E-state index < -0.39 is 6.10 Å². The van der Waals surface area contributed by atoms with Gasteiger partial charge >= 0.3 is 0 Å². The summed E-state index contributed by atoms with van der Waals surface area (Å²) in [7, 11) is 1.82. The fourth-order valence-corrected chi connectivity index (χ4v) is 2.55. The zero-order valence-corrected chi connectivity index (χ0v) is 13.3. The van der Waals surface area contributed by atoms with Gasteiger partial charge in [-0.05, 0) is 25.7 Å². The van der Waals surface area contributed by atoms with Gasteiger partial charge in [0.05, 0.1) is 18.8 Å². The molecule has 1 rings (SSSR count). The van der Waals surface area contributed by atoms with Crippen LogP contribution in [0.2, 0.25) is 0 Å². The lowest BCUT2D eigenvalue weighted by atomic mass is 10.1. The number of hydrogen-bond acceptors (Lipinski definition) is 4. The third kappa shape index (κ3) is 6.68. The molecule has 3 unspecified atom stereocenters. The lowest BCUT2D eigenvalue weighted by Gasteiger charge is -2.31. The lowest BCUT2D eigenvalue weighted by Crippen LogP contribution is -2.48. The van der Waals surface area contributed by atoms with Gasteiger partial charge in [-0.2, -0.15) is 0 Å². The second-order valence-corrected chi connectivity index (χ2v) is 6.35. The third-order valence-electron chi connectivity index (χ3n) is 3.65. The molecule has 0 aromatic rings. The Morgan fingerprint density at radius 3 is 2.75 bits per heavy atom. The molecule has 1 aliphatic rings. The number of likely N-dealkylation sites (N-methyl/N-ethyl adjacent to an activating group) is 1. The molecule has 0 saturated carbocycles. The van der Waals surface area contributed by atoms with Gasteiger partial charge in [0.15, 0.2) is 0 Å². The molecule has 0 spiro atoms. The number of nitrogens with one attached hydrogen (secondary N) is 1. The predicted octanol–water partition coefficient (Wildman–Crippen LogP) is 1.01. The maximum Gasteiger partial charge on any atom is 0.222 e. The van der Waals surface area contributed by atoms with E-state index in [4.69, 9.17) is 4.74 Å². The maximum absolute atomic E-state index is 11.4. The van der Waals surface area contributed by atoms with Crippen LogP contribution in [0.1, 0.15) is 40.0 Å². The van der Waals surface area contributed by atoms with Gasteiger partial charge in [0.1, 0.15) is 0 Å². The van der Waals surface area contributed by atoms with Crippen molar-refractivity contribution in [2.45, 2.75) is 58.3 Å². The van der Waals surface area contributed by atoms with Crippen molar-refractivity contribution in [3.8, 4) is 0 Å². The number of likely N-dealkylation sites (tertiary alicyclic amines) is 1. The highest BCUT2D eigenvalue weighted by Gasteiger charge is 2.22. The van der Waals surface area contributed by atoms with Crippen LogP contribution >= 0.6 is 0 Å². The average molecular weight is 286 g/mol. The largest absolute Gasteiger partial charge is 0.389 e. The van der Waals surface area contributed by atoms with E-state index >= 15 is 0 Å². The van der Waals surface area contributed by atoms with E-state index in [0.717, 1.165) is 19.4 Å². The van der Waals surface area contributed by atoms with E-state index in [-0.39, 0.29) is 18.1 Å². The number of ether oxygens (including phenoxy) is 1. The van der Waals surface area contributed by atoms with Gasteiger partial charge < -0.3 is 20.1 Å². The quantitative estimate of drug-likeness (QED) is 0.699. The van der Waals surface area contributed by atoms with Gasteiger partial charge in [-0.25, -0.2) is 0 Å². The number of aliphatic hydroxyl groups excluding tert-OH is 1. The van der Waals surface area contributed by atoms with Crippen LogP contribution in [0.25, 0.3) is 0 Å². The first-order valence-corrected chi connectivity index (χ1v) is 7.65. The van der Waals surface area contributed by atoms with Crippen molar-refractivity contribution in [1.82, 2.24) is 10.2 Å². The molecule has 1 aliphatic heterocycles. The third-order valence-corrected chi connectivity index (χ3v) is 3.65. The Hall–Kier alpha value is -0.650. The SMILES string of the molecule is CC(C)CC(C)OCC(O)CNC1CCC(=O)N(C)C1. The van der Waals surface area contributed by atoms with E-state index in [9.17, 15) is 9.90 Å².